The number of carbonyl (C=O) groups excluding carboxylic acids is 2. The molecule has 0 aromatic rings. The number of hydrogen-bond acceptors (Lipinski definition) is 4. The molecule has 0 aromatic carbocycles. The molecule has 6 nitrogen and oxygen atoms in total. The largest absolute Gasteiger partial charge is 0.385 e. The van der Waals surface area contributed by atoms with E-state index in [1.165, 1.54) is 0 Å². The minimum Gasteiger partial charge on any atom is -0.385 e. The Morgan fingerprint density at radius 1 is 1.21 bits per heavy atom. The van der Waals surface area contributed by atoms with Crippen molar-refractivity contribution < 1.29 is 14.3 Å². The quantitative estimate of drug-likeness (QED) is 0.704. The molecule has 0 aromatic heterocycles. The van der Waals surface area contributed by atoms with Crippen molar-refractivity contribution in [1.82, 2.24) is 9.80 Å². The number of nitrogens with two attached hydrogens (primary N) is 1. The minimum absolute atomic E-state index is 0.0125. The van der Waals surface area contributed by atoms with Gasteiger partial charge in [-0.05, 0) is 19.3 Å². The Morgan fingerprint density at radius 2 is 1.84 bits per heavy atom. The Kier molecular flexibility index (Phi) is 6.80. The summed E-state index contributed by atoms with van der Waals surface area (Å²) < 4.78 is 4.95. The fraction of sp³-hybridized carbons (Fsp3) is 0.846. The molecule has 2 N–H and O–H groups in total. The molecule has 0 radical (unpaired) electrons. The molecule has 1 aliphatic heterocycles. The maximum atomic E-state index is 12.2. The van der Waals surface area contributed by atoms with E-state index in [2.05, 4.69) is 0 Å². The average Bonchev–Trinajstić information content (AvgIpc) is 2.63. The number of methoxy groups -OCH3 is 1. The zero-order valence-corrected chi connectivity index (χ0v) is 11.9. The standard InChI is InChI=1S/C13H25N3O3/c1-11(17)15-6-4-7-16(9-8-15)13(18)12(14)5-3-10-19-2/h12H,3-10,14H2,1-2H3. The van der Waals surface area contributed by atoms with E-state index in [-0.39, 0.29) is 11.8 Å². The summed E-state index contributed by atoms with van der Waals surface area (Å²) in [4.78, 5) is 27.1. The maximum absolute atomic E-state index is 12.2. The topological polar surface area (TPSA) is 75.9 Å². The van der Waals surface area contributed by atoms with Crippen molar-refractivity contribution in [1.29, 1.82) is 0 Å². The van der Waals surface area contributed by atoms with Crippen LogP contribution in [0.2, 0.25) is 0 Å². The molecule has 1 rings (SSSR count). The van der Waals surface area contributed by atoms with Crippen LogP contribution in [0.5, 0.6) is 0 Å². The summed E-state index contributed by atoms with van der Waals surface area (Å²) in [5, 5.41) is 0. The lowest BCUT2D eigenvalue weighted by molar-refractivity contribution is -0.133. The summed E-state index contributed by atoms with van der Waals surface area (Å²) >= 11 is 0. The third-order valence-electron chi connectivity index (χ3n) is 3.43. The van der Waals surface area contributed by atoms with Crippen molar-refractivity contribution in [3.8, 4) is 0 Å². The first-order chi connectivity index (χ1) is 9.06. The molecule has 0 spiro atoms. The number of amides is 2. The van der Waals surface area contributed by atoms with Gasteiger partial charge in [0.15, 0.2) is 0 Å². The van der Waals surface area contributed by atoms with Crippen LogP contribution in [-0.4, -0.2) is 67.6 Å². The van der Waals surface area contributed by atoms with Crippen LogP contribution in [0.3, 0.4) is 0 Å². The van der Waals surface area contributed by atoms with Gasteiger partial charge in [0.1, 0.15) is 0 Å². The van der Waals surface area contributed by atoms with Gasteiger partial charge in [0.05, 0.1) is 6.04 Å². The molecule has 2 amide bonds. The number of nitrogens with zero attached hydrogens (tertiary/aromatic N) is 2. The Morgan fingerprint density at radius 3 is 2.47 bits per heavy atom. The normalized spacial score (nSPS) is 18.1. The molecule has 1 aliphatic rings. The predicted molar refractivity (Wildman–Crippen MR) is 72.5 cm³/mol. The monoisotopic (exact) mass is 271 g/mol. The third-order valence-corrected chi connectivity index (χ3v) is 3.43. The van der Waals surface area contributed by atoms with Gasteiger partial charge < -0.3 is 20.3 Å². The van der Waals surface area contributed by atoms with Crippen LogP contribution in [0.25, 0.3) is 0 Å². The molecular formula is C13H25N3O3. The van der Waals surface area contributed by atoms with Gasteiger partial charge in [-0.15, -0.1) is 0 Å². The first-order valence-electron chi connectivity index (χ1n) is 6.85. The fourth-order valence-electron chi connectivity index (χ4n) is 2.26. The molecule has 1 saturated heterocycles. The van der Waals surface area contributed by atoms with E-state index in [4.69, 9.17) is 10.5 Å². The van der Waals surface area contributed by atoms with Gasteiger partial charge in [0.25, 0.3) is 0 Å². The lowest BCUT2D eigenvalue weighted by Crippen LogP contribution is -2.45. The van der Waals surface area contributed by atoms with Crippen molar-refractivity contribution in [3.63, 3.8) is 0 Å². The molecule has 1 unspecified atom stereocenters. The van der Waals surface area contributed by atoms with Gasteiger partial charge in [-0.2, -0.15) is 0 Å². The highest BCUT2D eigenvalue weighted by Gasteiger charge is 2.24. The van der Waals surface area contributed by atoms with Crippen molar-refractivity contribution in [2.75, 3.05) is 39.9 Å². The van der Waals surface area contributed by atoms with E-state index < -0.39 is 6.04 Å². The first-order valence-corrected chi connectivity index (χ1v) is 6.85. The summed E-state index contributed by atoms with van der Waals surface area (Å²) in [5.41, 5.74) is 5.91. The molecule has 1 atom stereocenters. The molecule has 110 valence electrons. The maximum Gasteiger partial charge on any atom is 0.239 e. The number of rotatable bonds is 5. The second-order valence-electron chi connectivity index (χ2n) is 4.93. The van der Waals surface area contributed by atoms with Crippen LogP contribution in [0.4, 0.5) is 0 Å². The van der Waals surface area contributed by atoms with E-state index in [0.717, 1.165) is 19.4 Å². The summed E-state index contributed by atoms with van der Waals surface area (Å²) in [6, 6.07) is -0.459. The molecule has 0 aliphatic carbocycles. The zero-order chi connectivity index (χ0) is 14.3. The molecule has 0 saturated carbocycles. The molecule has 0 bridgehead atoms. The van der Waals surface area contributed by atoms with Gasteiger partial charge >= 0.3 is 0 Å². The lowest BCUT2D eigenvalue weighted by atomic mass is 10.1. The second kappa shape index (κ2) is 8.12. The van der Waals surface area contributed by atoms with Crippen LogP contribution in [0.15, 0.2) is 0 Å². The molecular weight excluding hydrogens is 246 g/mol. The Hall–Kier alpha value is -1.14. The number of hydrogen-bond donors (Lipinski definition) is 1. The van der Waals surface area contributed by atoms with E-state index >= 15 is 0 Å². The van der Waals surface area contributed by atoms with Crippen LogP contribution < -0.4 is 5.73 Å². The van der Waals surface area contributed by atoms with Crippen molar-refractivity contribution in [2.45, 2.75) is 32.2 Å². The Balaban J connectivity index is 2.41. The van der Waals surface area contributed by atoms with Crippen molar-refractivity contribution in [3.05, 3.63) is 0 Å². The van der Waals surface area contributed by atoms with E-state index in [1.807, 2.05) is 0 Å². The highest BCUT2D eigenvalue weighted by molar-refractivity contribution is 5.81. The number of carbonyl (C=O) groups is 2. The molecule has 1 heterocycles. The van der Waals surface area contributed by atoms with Gasteiger partial charge in [0.2, 0.25) is 11.8 Å². The molecule has 1 fully saturated rings. The molecule has 19 heavy (non-hydrogen) atoms. The smallest absolute Gasteiger partial charge is 0.239 e. The van der Waals surface area contributed by atoms with Gasteiger partial charge in [-0.25, -0.2) is 0 Å². The average molecular weight is 271 g/mol. The van der Waals surface area contributed by atoms with Crippen LogP contribution >= 0.6 is 0 Å². The van der Waals surface area contributed by atoms with E-state index in [1.54, 1.807) is 23.8 Å². The third kappa shape index (κ3) is 5.16. The van der Waals surface area contributed by atoms with Crippen LogP contribution in [-0.2, 0) is 14.3 Å². The summed E-state index contributed by atoms with van der Waals surface area (Å²) in [5.74, 6) is 0.0557. The summed E-state index contributed by atoms with van der Waals surface area (Å²) in [6.45, 7) is 4.77. The van der Waals surface area contributed by atoms with Gasteiger partial charge in [0, 0.05) is 46.8 Å². The minimum atomic E-state index is -0.459. The summed E-state index contributed by atoms with van der Waals surface area (Å²) in [6.07, 6.45) is 2.24. The van der Waals surface area contributed by atoms with Crippen molar-refractivity contribution >= 4 is 11.8 Å². The first kappa shape index (κ1) is 15.9. The second-order valence-corrected chi connectivity index (χ2v) is 4.93. The Labute approximate surface area is 114 Å². The van der Waals surface area contributed by atoms with Crippen molar-refractivity contribution in [2.24, 2.45) is 5.73 Å². The van der Waals surface area contributed by atoms with E-state index in [9.17, 15) is 9.59 Å². The highest BCUT2D eigenvalue weighted by atomic mass is 16.5. The van der Waals surface area contributed by atoms with Crippen LogP contribution in [0, 0.1) is 0 Å². The molecule has 6 heteroatoms. The highest BCUT2D eigenvalue weighted by Crippen LogP contribution is 2.07. The van der Waals surface area contributed by atoms with Gasteiger partial charge in [-0.1, -0.05) is 0 Å². The SMILES string of the molecule is COCCCC(N)C(=O)N1CCCN(C(C)=O)CC1. The zero-order valence-electron chi connectivity index (χ0n) is 11.9. The van der Waals surface area contributed by atoms with Gasteiger partial charge in [-0.3, -0.25) is 9.59 Å². The predicted octanol–water partition coefficient (Wildman–Crippen LogP) is -0.179. The fourth-order valence-corrected chi connectivity index (χ4v) is 2.26. The van der Waals surface area contributed by atoms with E-state index in [0.29, 0.717) is 32.7 Å². The lowest BCUT2D eigenvalue weighted by Gasteiger charge is -2.24. The van der Waals surface area contributed by atoms with Crippen LogP contribution in [0.1, 0.15) is 26.2 Å². The summed E-state index contributed by atoms with van der Waals surface area (Å²) in [7, 11) is 1.64. The Bertz CT molecular complexity index is 310. The number of ether oxygens (including phenoxy) is 1.